The van der Waals surface area contributed by atoms with E-state index in [0.717, 1.165) is 11.4 Å². The van der Waals surface area contributed by atoms with Gasteiger partial charge in [-0.25, -0.2) is 4.99 Å². The quantitative estimate of drug-likeness (QED) is 0.496. The predicted molar refractivity (Wildman–Crippen MR) is 83.7 cm³/mol. The van der Waals surface area contributed by atoms with Gasteiger partial charge < -0.3 is 15.8 Å². The molecule has 1 atom stereocenters. The highest BCUT2D eigenvalue weighted by Crippen LogP contribution is 2.67. The lowest BCUT2D eigenvalue weighted by Crippen LogP contribution is -2.23. The lowest BCUT2D eigenvalue weighted by atomic mass is 10.3. The van der Waals surface area contributed by atoms with Crippen LogP contribution in [0.3, 0.4) is 0 Å². The van der Waals surface area contributed by atoms with Gasteiger partial charge in [0.15, 0.2) is 5.96 Å². The molecule has 0 heterocycles. The second kappa shape index (κ2) is 4.95. The van der Waals surface area contributed by atoms with Gasteiger partial charge in [-0.15, -0.1) is 24.0 Å². The summed E-state index contributed by atoms with van der Waals surface area (Å²) in [6.45, 7) is 0. The second-order valence-corrected chi connectivity index (χ2v) is 4.95. The number of aliphatic imine (C=N–C) groups is 1. The van der Waals surface area contributed by atoms with Crippen LogP contribution in [0.15, 0.2) is 29.3 Å². The summed E-state index contributed by atoms with van der Waals surface area (Å²) in [5, 5.41) is 3.10. The van der Waals surface area contributed by atoms with E-state index in [1.807, 2.05) is 24.3 Å². The molecule has 1 aromatic rings. The van der Waals surface area contributed by atoms with Gasteiger partial charge in [-0.2, -0.15) is 0 Å². The molecule has 3 N–H and O–H groups in total. The molecule has 2 aliphatic carbocycles. The van der Waals surface area contributed by atoms with Crippen molar-refractivity contribution in [2.24, 2.45) is 16.1 Å². The molecule has 0 aliphatic heterocycles. The van der Waals surface area contributed by atoms with Gasteiger partial charge in [0, 0.05) is 11.8 Å². The minimum atomic E-state index is 0. The molecule has 0 amide bonds. The minimum Gasteiger partial charge on any atom is -0.497 e. The van der Waals surface area contributed by atoms with Crippen LogP contribution in [0.25, 0.3) is 0 Å². The Hall–Kier alpha value is -0.980. The van der Waals surface area contributed by atoms with Crippen molar-refractivity contribution in [2.45, 2.75) is 25.3 Å². The molecule has 98 valence electrons. The molecule has 2 saturated carbocycles. The van der Waals surface area contributed by atoms with Gasteiger partial charge in [0.1, 0.15) is 5.75 Å². The standard InChI is InChI=1S/C13H17N3O.HI/c1-17-10-4-2-3-9(7-10)15-12(14)16-11-8-13(11)5-6-13;/h2-4,7,11H,5-6,8H2,1H3,(H3,14,15,16);1H. The maximum Gasteiger partial charge on any atom is 0.193 e. The summed E-state index contributed by atoms with van der Waals surface area (Å²) in [5.41, 5.74) is 7.35. The van der Waals surface area contributed by atoms with E-state index in [4.69, 9.17) is 10.5 Å². The van der Waals surface area contributed by atoms with E-state index < -0.39 is 0 Å². The van der Waals surface area contributed by atoms with Crippen LogP contribution >= 0.6 is 24.0 Å². The number of anilines is 1. The number of nitrogens with two attached hydrogens (primary N) is 1. The molecule has 5 heteroatoms. The topological polar surface area (TPSA) is 59.6 Å². The third kappa shape index (κ3) is 2.71. The van der Waals surface area contributed by atoms with E-state index in [1.165, 1.54) is 19.3 Å². The average Bonchev–Trinajstić information content (AvgIpc) is 3.21. The summed E-state index contributed by atoms with van der Waals surface area (Å²) in [4.78, 5) is 4.50. The van der Waals surface area contributed by atoms with Crippen molar-refractivity contribution in [2.75, 3.05) is 12.4 Å². The lowest BCUT2D eigenvalue weighted by Gasteiger charge is -2.07. The minimum absolute atomic E-state index is 0. The van der Waals surface area contributed by atoms with Crippen LogP contribution in [0, 0.1) is 5.41 Å². The van der Waals surface area contributed by atoms with Gasteiger partial charge in [0.25, 0.3) is 0 Å². The largest absolute Gasteiger partial charge is 0.497 e. The summed E-state index contributed by atoms with van der Waals surface area (Å²) < 4.78 is 5.15. The number of hydrogen-bond donors (Lipinski definition) is 2. The number of ether oxygens (including phenoxy) is 1. The molecule has 3 rings (SSSR count). The average molecular weight is 359 g/mol. The normalized spacial score (nSPS) is 23.2. The molecule has 1 spiro atoms. The molecule has 0 bridgehead atoms. The summed E-state index contributed by atoms with van der Waals surface area (Å²) >= 11 is 0. The Morgan fingerprint density at radius 1 is 1.50 bits per heavy atom. The van der Waals surface area contributed by atoms with Crippen molar-refractivity contribution in [1.29, 1.82) is 0 Å². The van der Waals surface area contributed by atoms with E-state index in [0.29, 0.717) is 17.4 Å². The Balaban J connectivity index is 0.00000120. The fourth-order valence-corrected chi connectivity index (χ4v) is 2.26. The third-order valence-electron chi connectivity index (χ3n) is 3.68. The van der Waals surface area contributed by atoms with E-state index in [9.17, 15) is 0 Å². The maximum atomic E-state index is 5.89. The Morgan fingerprint density at radius 3 is 2.89 bits per heavy atom. The van der Waals surface area contributed by atoms with Crippen LogP contribution in [0.2, 0.25) is 0 Å². The number of rotatable bonds is 3. The summed E-state index contributed by atoms with van der Waals surface area (Å²) in [7, 11) is 1.65. The van der Waals surface area contributed by atoms with Crippen LogP contribution in [0.1, 0.15) is 19.3 Å². The third-order valence-corrected chi connectivity index (χ3v) is 3.68. The SMILES string of the molecule is COc1cccc(NC(N)=NC2CC23CC3)c1.I. The molecule has 1 unspecified atom stereocenters. The smallest absolute Gasteiger partial charge is 0.193 e. The van der Waals surface area contributed by atoms with Gasteiger partial charge in [0.2, 0.25) is 0 Å². The van der Waals surface area contributed by atoms with Gasteiger partial charge in [0.05, 0.1) is 13.2 Å². The summed E-state index contributed by atoms with van der Waals surface area (Å²) in [6, 6.07) is 8.14. The fourth-order valence-electron chi connectivity index (χ4n) is 2.26. The van der Waals surface area contributed by atoms with E-state index in [-0.39, 0.29) is 24.0 Å². The van der Waals surface area contributed by atoms with Crippen LogP contribution in [-0.2, 0) is 0 Å². The highest BCUT2D eigenvalue weighted by atomic mass is 127. The second-order valence-electron chi connectivity index (χ2n) is 4.95. The van der Waals surface area contributed by atoms with Crippen molar-refractivity contribution in [3.05, 3.63) is 24.3 Å². The van der Waals surface area contributed by atoms with Crippen molar-refractivity contribution in [3.63, 3.8) is 0 Å². The highest BCUT2D eigenvalue weighted by molar-refractivity contribution is 14.0. The van der Waals surface area contributed by atoms with E-state index >= 15 is 0 Å². The number of nitrogens with one attached hydrogen (secondary N) is 1. The molecule has 0 saturated heterocycles. The van der Waals surface area contributed by atoms with Gasteiger partial charge in [-0.1, -0.05) is 6.07 Å². The highest BCUT2D eigenvalue weighted by Gasteiger charge is 2.63. The zero-order valence-corrected chi connectivity index (χ0v) is 12.7. The van der Waals surface area contributed by atoms with Crippen LogP contribution < -0.4 is 15.8 Å². The van der Waals surface area contributed by atoms with Gasteiger partial charge in [-0.3, -0.25) is 0 Å². The molecule has 0 radical (unpaired) electrons. The molecule has 18 heavy (non-hydrogen) atoms. The first-order chi connectivity index (χ1) is 8.22. The van der Waals surface area contributed by atoms with Gasteiger partial charge in [-0.05, 0) is 36.8 Å². The van der Waals surface area contributed by atoms with Crippen molar-refractivity contribution < 1.29 is 4.74 Å². The first-order valence-corrected chi connectivity index (χ1v) is 5.96. The van der Waals surface area contributed by atoms with Crippen LogP contribution in [0.5, 0.6) is 5.75 Å². The molecular weight excluding hydrogens is 341 g/mol. The van der Waals surface area contributed by atoms with Crippen molar-refractivity contribution in [3.8, 4) is 5.75 Å². The summed E-state index contributed by atoms with van der Waals surface area (Å²) in [5.74, 6) is 1.32. The molecular formula is C13H18IN3O. The lowest BCUT2D eigenvalue weighted by molar-refractivity contribution is 0.415. The summed E-state index contributed by atoms with van der Waals surface area (Å²) in [6.07, 6.45) is 3.87. The number of guanidine groups is 1. The number of hydrogen-bond acceptors (Lipinski definition) is 2. The first kappa shape index (κ1) is 13.5. The Labute approximate surface area is 124 Å². The number of methoxy groups -OCH3 is 1. The number of halogens is 1. The fraction of sp³-hybridized carbons (Fsp3) is 0.462. The molecule has 2 fully saturated rings. The van der Waals surface area contributed by atoms with E-state index in [1.54, 1.807) is 7.11 Å². The number of nitrogens with zero attached hydrogens (tertiary/aromatic N) is 1. The first-order valence-electron chi connectivity index (χ1n) is 5.96. The zero-order valence-electron chi connectivity index (χ0n) is 10.3. The monoisotopic (exact) mass is 359 g/mol. The zero-order chi connectivity index (χ0) is 11.9. The Morgan fingerprint density at radius 2 is 2.28 bits per heavy atom. The van der Waals surface area contributed by atoms with Gasteiger partial charge >= 0.3 is 0 Å². The number of benzene rings is 1. The molecule has 1 aromatic carbocycles. The predicted octanol–water partition coefficient (Wildman–Crippen LogP) is 2.59. The van der Waals surface area contributed by atoms with Crippen LogP contribution in [0.4, 0.5) is 5.69 Å². The maximum absolute atomic E-state index is 5.89. The van der Waals surface area contributed by atoms with Crippen molar-refractivity contribution >= 4 is 35.6 Å². The Bertz CT molecular complexity index is 471. The molecule has 4 nitrogen and oxygen atoms in total. The molecule has 0 aromatic heterocycles. The van der Waals surface area contributed by atoms with E-state index in [2.05, 4.69) is 10.3 Å². The van der Waals surface area contributed by atoms with Crippen molar-refractivity contribution in [1.82, 2.24) is 0 Å². The Kier molecular flexibility index (Phi) is 3.70. The van der Waals surface area contributed by atoms with Crippen LogP contribution in [-0.4, -0.2) is 19.1 Å². The molecule has 2 aliphatic rings.